The van der Waals surface area contributed by atoms with Crippen molar-refractivity contribution in [1.29, 1.82) is 0 Å². The highest BCUT2D eigenvalue weighted by atomic mass is 19.1. The van der Waals surface area contributed by atoms with Crippen LogP contribution in [0.5, 0.6) is 0 Å². The number of carbonyl (C=O) groups excluding carboxylic acids is 3. The number of esters is 1. The second-order valence-electron chi connectivity index (χ2n) is 11.4. The van der Waals surface area contributed by atoms with Crippen molar-refractivity contribution in [2.24, 2.45) is 11.8 Å². The van der Waals surface area contributed by atoms with Gasteiger partial charge in [0.2, 0.25) is 11.8 Å². The smallest absolute Gasteiger partial charge is 0.309 e. The molecule has 36 heavy (non-hydrogen) atoms. The van der Waals surface area contributed by atoms with E-state index in [-0.39, 0.29) is 35.9 Å². The number of amides is 2. The molecule has 3 aliphatic heterocycles. The normalized spacial score (nSPS) is 22.9. The highest BCUT2D eigenvalue weighted by Crippen LogP contribution is 2.30. The third-order valence-electron chi connectivity index (χ3n) is 7.33. The van der Waals surface area contributed by atoms with E-state index in [0.717, 1.165) is 58.4 Å². The molecule has 0 saturated carbocycles. The standard InChI is InChI=1S/C27H39FN4O4/c1-27(2,3)36-26(35)19-10-12-31(13-11-19)17-18-8-14-32(15-9-18)23-6-4-20(16-21(23)28)29-22-5-7-24(33)30-25(22)34/h4,6,16,18-19,22,29H,5,7-15,17H2,1-3H3,(H,30,33,34). The topological polar surface area (TPSA) is 91.0 Å². The number of likely N-dealkylation sites (tertiary alicyclic amines) is 1. The lowest BCUT2D eigenvalue weighted by molar-refractivity contribution is -0.161. The van der Waals surface area contributed by atoms with Crippen molar-refractivity contribution in [3.05, 3.63) is 24.0 Å². The van der Waals surface area contributed by atoms with Gasteiger partial charge in [-0.25, -0.2) is 4.39 Å². The van der Waals surface area contributed by atoms with Crippen LogP contribution in [0.3, 0.4) is 0 Å². The Morgan fingerprint density at radius 2 is 1.78 bits per heavy atom. The zero-order chi connectivity index (χ0) is 25.9. The molecule has 0 aromatic heterocycles. The molecule has 198 valence electrons. The van der Waals surface area contributed by atoms with Crippen LogP contribution in [0.2, 0.25) is 0 Å². The minimum absolute atomic E-state index is 0.00209. The summed E-state index contributed by atoms with van der Waals surface area (Å²) in [6.07, 6.45) is 4.38. The quantitative estimate of drug-likeness (QED) is 0.456. The van der Waals surface area contributed by atoms with Crippen LogP contribution < -0.4 is 15.5 Å². The van der Waals surface area contributed by atoms with Crippen molar-refractivity contribution in [2.45, 2.75) is 70.9 Å². The third kappa shape index (κ3) is 6.96. The van der Waals surface area contributed by atoms with E-state index in [9.17, 15) is 18.8 Å². The maximum atomic E-state index is 14.9. The Morgan fingerprint density at radius 3 is 2.39 bits per heavy atom. The molecule has 1 aromatic rings. The minimum Gasteiger partial charge on any atom is -0.460 e. The molecule has 0 bridgehead atoms. The summed E-state index contributed by atoms with van der Waals surface area (Å²) in [5.74, 6) is -0.459. The van der Waals surface area contributed by atoms with E-state index < -0.39 is 11.6 Å². The number of ether oxygens (including phenoxy) is 1. The van der Waals surface area contributed by atoms with Gasteiger partial charge in [-0.1, -0.05) is 0 Å². The molecule has 3 saturated heterocycles. The first-order chi connectivity index (χ1) is 17.1. The van der Waals surface area contributed by atoms with E-state index in [4.69, 9.17) is 4.74 Å². The van der Waals surface area contributed by atoms with Gasteiger partial charge in [0, 0.05) is 31.7 Å². The molecule has 1 atom stereocenters. The lowest BCUT2D eigenvalue weighted by atomic mass is 9.92. The van der Waals surface area contributed by atoms with Crippen molar-refractivity contribution in [1.82, 2.24) is 10.2 Å². The summed E-state index contributed by atoms with van der Waals surface area (Å²) in [4.78, 5) is 40.2. The highest BCUT2D eigenvalue weighted by molar-refractivity contribution is 6.01. The minimum atomic E-state index is -0.530. The molecule has 9 heteroatoms. The van der Waals surface area contributed by atoms with Gasteiger partial charge in [-0.2, -0.15) is 0 Å². The predicted molar refractivity (Wildman–Crippen MR) is 136 cm³/mol. The van der Waals surface area contributed by atoms with Crippen LogP contribution in [-0.2, 0) is 19.1 Å². The van der Waals surface area contributed by atoms with Gasteiger partial charge < -0.3 is 19.9 Å². The predicted octanol–water partition coefficient (Wildman–Crippen LogP) is 3.31. The molecule has 8 nitrogen and oxygen atoms in total. The molecule has 2 N–H and O–H groups in total. The number of hydrogen-bond acceptors (Lipinski definition) is 7. The first-order valence-electron chi connectivity index (χ1n) is 13.2. The van der Waals surface area contributed by atoms with Crippen LogP contribution in [0.1, 0.15) is 59.3 Å². The molecule has 2 amide bonds. The summed E-state index contributed by atoms with van der Waals surface area (Å²) in [5.41, 5.74) is 0.683. The molecule has 0 radical (unpaired) electrons. The number of nitrogens with one attached hydrogen (secondary N) is 2. The number of rotatable bonds is 6. The van der Waals surface area contributed by atoms with Crippen LogP contribution in [0.25, 0.3) is 0 Å². The number of hydrogen-bond donors (Lipinski definition) is 2. The second kappa shape index (κ2) is 11.2. The Hall–Kier alpha value is -2.68. The molecule has 3 aliphatic rings. The first-order valence-corrected chi connectivity index (χ1v) is 13.2. The lowest BCUT2D eigenvalue weighted by Crippen LogP contribution is -2.47. The van der Waals surface area contributed by atoms with E-state index in [2.05, 4.69) is 20.4 Å². The number of benzene rings is 1. The molecule has 0 aliphatic carbocycles. The Bertz CT molecular complexity index is 963. The fourth-order valence-electron chi connectivity index (χ4n) is 5.34. The van der Waals surface area contributed by atoms with E-state index in [1.807, 2.05) is 20.8 Å². The number of carbonyl (C=O) groups is 3. The van der Waals surface area contributed by atoms with Crippen molar-refractivity contribution >= 4 is 29.2 Å². The summed E-state index contributed by atoms with van der Waals surface area (Å²) in [6, 6.07) is 4.46. The zero-order valence-corrected chi connectivity index (χ0v) is 21.6. The SMILES string of the molecule is CC(C)(C)OC(=O)C1CCN(CC2CCN(c3ccc(NC4CCC(=O)NC4=O)cc3F)CC2)CC1. The fourth-order valence-corrected chi connectivity index (χ4v) is 5.34. The summed E-state index contributed by atoms with van der Waals surface area (Å²) in [5, 5.41) is 5.35. The van der Waals surface area contributed by atoms with Gasteiger partial charge in [0.05, 0.1) is 11.6 Å². The Kier molecular flexibility index (Phi) is 8.17. The van der Waals surface area contributed by atoms with Crippen LogP contribution in [-0.4, -0.2) is 67.1 Å². The van der Waals surface area contributed by atoms with Crippen molar-refractivity contribution in [2.75, 3.05) is 42.9 Å². The maximum Gasteiger partial charge on any atom is 0.309 e. The molecule has 1 unspecified atom stereocenters. The second-order valence-corrected chi connectivity index (χ2v) is 11.4. The molecular formula is C27H39FN4O4. The largest absolute Gasteiger partial charge is 0.460 e. The summed E-state index contributed by atoms with van der Waals surface area (Å²) in [7, 11) is 0. The van der Waals surface area contributed by atoms with Crippen LogP contribution in [0.15, 0.2) is 18.2 Å². The third-order valence-corrected chi connectivity index (χ3v) is 7.33. The molecule has 1 aromatic carbocycles. The van der Waals surface area contributed by atoms with Gasteiger partial charge in [0.1, 0.15) is 17.5 Å². The molecule has 3 fully saturated rings. The average molecular weight is 503 g/mol. The number of halogens is 1. The lowest BCUT2D eigenvalue weighted by Gasteiger charge is -2.38. The summed E-state index contributed by atoms with van der Waals surface area (Å²) in [6.45, 7) is 10.2. The number of piperidine rings is 3. The Labute approximate surface area is 212 Å². The molecule has 3 heterocycles. The average Bonchev–Trinajstić information content (AvgIpc) is 2.81. The van der Waals surface area contributed by atoms with Crippen LogP contribution in [0, 0.1) is 17.7 Å². The fraction of sp³-hybridized carbons (Fsp3) is 0.667. The Morgan fingerprint density at radius 1 is 1.08 bits per heavy atom. The van der Waals surface area contributed by atoms with Gasteiger partial charge in [0.25, 0.3) is 0 Å². The van der Waals surface area contributed by atoms with Crippen LogP contribution in [0.4, 0.5) is 15.8 Å². The number of imide groups is 1. The highest BCUT2D eigenvalue weighted by Gasteiger charge is 2.31. The summed E-state index contributed by atoms with van der Waals surface area (Å²) >= 11 is 0. The molecular weight excluding hydrogens is 463 g/mol. The molecule has 4 rings (SSSR count). The zero-order valence-electron chi connectivity index (χ0n) is 21.6. The monoisotopic (exact) mass is 502 g/mol. The van der Waals surface area contributed by atoms with Crippen molar-refractivity contribution in [3.8, 4) is 0 Å². The van der Waals surface area contributed by atoms with Crippen molar-refractivity contribution < 1.29 is 23.5 Å². The van der Waals surface area contributed by atoms with Gasteiger partial charge in [-0.3, -0.25) is 19.7 Å². The van der Waals surface area contributed by atoms with E-state index in [1.54, 1.807) is 12.1 Å². The first kappa shape index (κ1) is 26.4. The number of anilines is 2. The molecule has 0 spiro atoms. The van der Waals surface area contributed by atoms with Crippen LogP contribution >= 0.6 is 0 Å². The van der Waals surface area contributed by atoms with E-state index in [1.165, 1.54) is 6.07 Å². The summed E-state index contributed by atoms with van der Waals surface area (Å²) < 4.78 is 20.5. The van der Waals surface area contributed by atoms with E-state index >= 15 is 0 Å². The Balaban J connectivity index is 1.21. The van der Waals surface area contributed by atoms with Gasteiger partial charge in [0.15, 0.2) is 0 Å². The maximum absolute atomic E-state index is 14.9. The van der Waals surface area contributed by atoms with E-state index in [0.29, 0.717) is 23.7 Å². The van der Waals surface area contributed by atoms with Gasteiger partial charge in [-0.05, 0) is 90.1 Å². The van der Waals surface area contributed by atoms with Crippen molar-refractivity contribution in [3.63, 3.8) is 0 Å². The number of nitrogens with zero attached hydrogens (tertiary/aromatic N) is 2. The van der Waals surface area contributed by atoms with Gasteiger partial charge in [-0.15, -0.1) is 0 Å². The van der Waals surface area contributed by atoms with Gasteiger partial charge >= 0.3 is 5.97 Å².